The fourth-order valence-electron chi connectivity index (χ4n) is 5.21. The summed E-state index contributed by atoms with van der Waals surface area (Å²) in [6.07, 6.45) is -0.639. The Bertz CT molecular complexity index is 1020. The Morgan fingerprint density at radius 1 is 1.31 bits per heavy atom. The SMILES string of the molecule is Cc1nc(C=C(F)[C@@H]2C[C@H]3O[C@@]3(Cl)CCO[C@@H](C)[C@@H](O)[C@@H](C)C(=O)C3(CCC3)[C@@H](O)CC(=O)N2)cs1. The van der Waals surface area contributed by atoms with Crippen molar-refractivity contribution in [2.75, 3.05) is 6.61 Å². The second-order valence-corrected chi connectivity index (χ2v) is 12.0. The van der Waals surface area contributed by atoms with E-state index in [4.69, 9.17) is 21.1 Å². The molecule has 1 aromatic heterocycles. The first kappa shape index (κ1) is 27.6. The third-order valence-electron chi connectivity index (χ3n) is 7.79. The standard InChI is InChI=1S/C25H34ClFN2O6S/c1-13-22(32)14(2)34-8-7-25(26)20(35-25)10-18(17(27)9-16-12-36-15(3)28-16)29-21(31)11-19(30)24(23(13)33)5-4-6-24/h9,12-14,18-20,22,30,32H,4-8,10-11H2,1-3H3,(H,29,31)/t13-,14+,18+,19+,20-,22+,25+/m1/s1. The zero-order chi connectivity index (χ0) is 26.3. The maximum absolute atomic E-state index is 15.3. The van der Waals surface area contributed by atoms with Gasteiger partial charge in [0, 0.05) is 24.1 Å². The molecule has 2 saturated heterocycles. The minimum absolute atomic E-state index is 0.0794. The minimum Gasteiger partial charge on any atom is -0.392 e. The lowest BCUT2D eigenvalue weighted by Gasteiger charge is -2.46. The third-order valence-corrected chi connectivity index (χ3v) is 9.10. The van der Waals surface area contributed by atoms with Crippen LogP contribution in [0.3, 0.4) is 0 Å². The molecule has 0 bridgehead atoms. The van der Waals surface area contributed by atoms with Crippen molar-refractivity contribution in [3.8, 4) is 0 Å². The van der Waals surface area contributed by atoms with E-state index in [1.165, 1.54) is 17.4 Å². The van der Waals surface area contributed by atoms with E-state index < -0.39 is 58.6 Å². The smallest absolute Gasteiger partial charge is 0.223 e. The van der Waals surface area contributed by atoms with Gasteiger partial charge in [-0.1, -0.05) is 24.9 Å². The molecule has 200 valence electrons. The summed E-state index contributed by atoms with van der Waals surface area (Å²) in [5.74, 6) is -2.27. The van der Waals surface area contributed by atoms with Crippen molar-refractivity contribution in [3.63, 3.8) is 0 Å². The lowest BCUT2D eigenvalue weighted by molar-refractivity contribution is -0.157. The number of aliphatic hydroxyl groups is 2. The highest BCUT2D eigenvalue weighted by Crippen LogP contribution is 2.49. The summed E-state index contributed by atoms with van der Waals surface area (Å²) in [5.41, 5.74) is -0.666. The quantitative estimate of drug-likeness (QED) is 0.386. The molecule has 3 fully saturated rings. The largest absolute Gasteiger partial charge is 0.392 e. The number of ether oxygens (including phenoxy) is 2. The molecule has 11 heteroatoms. The molecule has 1 aromatic rings. The topological polar surface area (TPSA) is 121 Å². The molecule has 4 rings (SSSR count). The first-order chi connectivity index (χ1) is 16.9. The predicted octanol–water partition coefficient (Wildman–Crippen LogP) is 3.27. The van der Waals surface area contributed by atoms with Gasteiger partial charge in [-0.2, -0.15) is 0 Å². The van der Waals surface area contributed by atoms with Gasteiger partial charge in [0.15, 0.2) is 5.06 Å². The van der Waals surface area contributed by atoms with Crippen LogP contribution in [0.5, 0.6) is 0 Å². The number of fused-ring (bicyclic) bond motifs is 1. The van der Waals surface area contributed by atoms with Gasteiger partial charge in [0.2, 0.25) is 5.91 Å². The van der Waals surface area contributed by atoms with Gasteiger partial charge in [-0.25, -0.2) is 9.37 Å². The van der Waals surface area contributed by atoms with Gasteiger partial charge in [0.05, 0.1) is 53.5 Å². The van der Waals surface area contributed by atoms with E-state index in [-0.39, 0.29) is 25.2 Å². The summed E-state index contributed by atoms with van der Waals surface area (Å²) in [6.45, 7) is 5.27. The van der Waals surface area contributed by atoms with Crippen molar-refractivity contribution in [2.45, 2.75) is 94.8 Å². The van der Waals surface area contributed by atoms with Crippen LogP contribution in [0.4, 0.5) is 4.39 Å². The molecule has 0 unspecified atom stereocenters. The molecule has 1 aliphatic carbocycles. The molecule has 0 radical (unpaired) electrons. The summed E-state index contributed by atoms with van der Waals surface area (Å²) in [7, 11) is 0. The average molecular weight is 545 g/mol. The number of nitrogens with one attached hydrogen (secondary N) is 1. The number of amides is 1. The Morgan fingerprint density at radius 2 is 2.03 bits per heavy atom. The molecule has 1 amide bonds. The second-order valence-electron chi connectivity index (χ2n) is 10.3. The fourth-order valence-corrected chi connectivity index (χ4v) is 6.06. The van der Waals surface area contributed by atoms with Crippen LogP contribution in [-0.4, -0.2) is 69.0 Å². The number of aromatic nitrogens is 1. The Kier molecular flexibility index (Phi) is 8.24. The molecule has 7 atom stereocenters. The predicted molar refractivity (Wildman–Crippen MR) is 133 cm³/mol. The first-order valence-corrected chi connectivity index (χ1v) is 13.7. The number of rotatable bonds is 2. The lowest BCUT2D eigenvalue weighted by atomic mass is 9.59. The molecule has 36 heavy (non-hydrogen) atoms. The summed E-state index contributed by atoms with van der Waals surface area (Å²) >= 11 is 7.93. The molecular formula is C25H34ClFN2O6S. The summed E-state index contributed by atoms with van der Waals surface area (Å²) in [4.78, 5) is 30.6. The number of hydrogen-bond donors (Lipinski definition) is 3. The van der Waals surface area contributed by atoms with Gasteiger partial charge >= 0.3 is 0 Å². The molecule has 2 aliphatic heterocycles. The van der Waals surface area contributed by atoms with Gasteiger partial charge in [-0.05, 0) is 32.8 Å². The number of aryl methyl sites for hydroxylation is 1. The number of nitrogens with zero attached hydrogens (tertiary/aromatic N) is 1. The van der Waals surface area contributed by atoms with Crippen LogP contribution >= 0.6 is 22.9 Å². The Balaban J connectivity index is 1.58. The van der Waals surface area contributed by atoms with Crippen molar-refractivity contribution < 1.29 is 33.7 Å². The van der Waals surface area contributed by atoms with Crippen molar-refractivity contribution >= 4 is 40.7 Å². The van der Waals surface area contributed by atoms with Crippen LogP contribution in [0, 0.1) is 18.3 Å². The molecule has 3 N–H and O–H groups in total. The monoisotopic (exact) mass is 544 g/mol. The zero-order valence-electron chi connectivity index (χ0n) is 20.7. The second kappa shape index (κ2) is 10.7. The number of thiazole rings is 1. The minimum atomic E-state index is -1.25. The number of Topliss-reactive ketones (excluding diaryl/α,β-unsaturated/α-hetero) is 1. The summed E-state index contributed by atoms with van der Waals surface area (Å²) in [5, 5.41) is 25.9. The third kappa shape index (κ3) is 5.68. The van der Waals surface area contributed by atoms with Gasteiger partial charge in [0.1, 0.15) is 17.7 Å². The molecule has 3 heterocycles. The van der Waals surface area contributed by atoms with E-state index >= 15 is 4.39 Å². The highest BCUT2D eigenvalue weighted by molar-refractivity contribution is 7.09. The number of ketones is 1. The fraction of sp³-hybridized carbons (Fsp3) is 0.720. The van der Waals surface area contributed by atoms with Gasteiger partial charge in [-0.3, -0.25) is 9.59 Å². The van der Waals surface area contributed by atoms with Crippen LogP contribution in [0.15, 0.2) is 11.2 Å². The number of alkyl halides is 1. The van der Waals surface area contributed by atoms with Crippen molar-refractivity contribution in [3.05, 3.63) is 21.9 Å². The molecule has 1 saturated carbocycles. The molecular weight excluding hydrogens is 511 g/mol. The Labute approximate surface area is 219 Å². The van der Waals surface area contributed by atoms with Crippen LogP contribution in [0.1, 0.15) is 63.1 Å². The van der Waals surface area contributed by atoms with E-state index in [9.17, 15) is 19.8 Å². The van der Waals surface area contributed by atoms with Gasteiger partial charge < -0.3 is 25.0 Å². The van der Waals surface area contributed by atoms with Gasteiger partial charge in [-0.15, -0.1) is 11.3 Å². The van der Waals surface area contributed by atoms with E-state index in [1.54, 1.807) is 19.2 Å². The van der Waals surface area contributed by atoms with Crippen LogP contribution in [-0.2, 0) is 19.1 Å². The lowest BCUT2D eigenvalue weighted by Crippen LogP contribution is -2.54. The van der Waals surface area contributed by atoms with E-state index in [1.807, 2.05) is 6.92 Å². The van der Waals surface area contributed by atoms with Crippen LogP contribution in [0.2, 0.25) is 0 Å². The van der Waals surface area contributed by atoms with E-state index in [2.05, 4.69) is 10.3 Å². The highest BCUT2D eigenvalue weighted by atomic mass is 35.5. The maximum atomic E-state index is 15.3. The number of epoxide rings is 1. The molecule has 8 nitrogen and oxygen atoms in total. The van der Waals surface area contributed by atoms with E-state index in [0.717, 1.165) is 11.4 Å². The van der Waals surface area contributed by atoms with Crippen molar-refractivity contribution in [2.24, 2.45) is 11.3 Å². The maximum Gasteiger partial charge on any atom is 0.223 e. The van der Waals surface area contributed by atoms with Crippen LogP contribution < -0.4 is 5.32 Å². The number of carbonyl (C=O) groups excluding carboxylic acids is 2. The summed E-state index contributed by atoms with van der Waals surface area (Å²) in [6, 6.07) is -1.04. The van der Waals surface area contributed by atoms with Crippen LogP contribution in [0.25, 0.3) is 6.08 Å². The number of halogens is 2. The Morgan fingerprint density at radius 3 is 2.64 bits per heavy atom. The zero-order valence-corrected chi connectivity index (χ0v) is 22.3. The van der Waals surface area contributed by atoms with E-state index in [0.29, 0.717) is 25.0 Å². The number of aliphatic hydroxyl groups excluding tert-OH is 2. The normalized spacial score (nSPS) is 38.2. The van der Waals surface area contributed by atoms with Gasteiger partial charge in [0.25, 0.3) is 0 Å². The molecule has 1 spiro atoms. The highest BCUT2D eigenvalue weighted by Gasteiger charge is 2.56. The number of hydrogen-bond acceptors (Lipinski definition) is 8. The summed E-state index contributed by atoms with van der Waals surface area (Å²) < 4.78 is 26.7. The van der Waals surface area contributed by atoms with Crippen molar-refractivity contribution in [1.82, 2.24) is 10.3 Å². The number of carbonyl (C=O) groups is 2. The molecule has 3 aliphatic rings. The first-order valence-electron chi connectivity index (χ1n) is 12.4. The molecule has 0 aromatic carbocycles. The average Bonchev–Trinajstić information content (AvgIpc) is 3.22. The van der Waals surface area contributed by atoms with Crippen molar-refractivity contribution in [1.29, 1.82) is 0 Å². The Hall–Kier alpha value is -1.43.